The third-order valence-electron chi connectivity index (χ3n) is 2.83. The lowest BCUT2D eigenvalue weighted by Gasteiger charge is -2.17. The summed E-state index contributed by atoms with van der Waals surface area (Å²) in [4.78, 5) is 4.25. The number of alkyl halides is 2. The summed E-state index contributed by atoms with van der Waals surface area (Å²) in [5, 5.41) is 6.16. The van der Waals surface area contributed by atoms with Crippen LogP contribution in [0.25, 0.3) is 0 Å². The quantitative estimate of drug-likeness (QED) is 0.865. The predicted molar refractivity (Wildman–Crippen MR) is 71.4 cm³/mol. The first-order valence-electron chi connectivity index (χ1n) is 6.33. The molecule has 2 N–H and O–H groups in total. The van der Waals surface area contributed by atoms with E-state index in [2.05, 4.69) is 20.4 Å². The van der Waals surface area contributed by atoms with Crippen LogP contribution in [0.4, 0.5) is 8.78 Å². The highest BCUT2D eigenvalue weighted by molar-refractivity contribution is 5.80. The van der Waals surface area contributed by atoms with Crippen LogP contribution in [0.2, 0.25) is 0 Å². The molecule has 0 aliphatic carbocycles. The van der Waals surface area contributed by atoms with Gasteiger partial charge >= 0.3 is 6.61 Å². The summed E-state index contributed by atoms with van der Waals surface area (Å²) in [6.45, 7) is -0.906. The maximum Gasteiger partial charge on any atom is 0.387 e. The molecule has 0 unspecified atom stereocenters. The van der Waals surface area contributed by atoms with Gasteiger partial charge < -0.3 is 20.1 Å². The molecule has 2 rings (SSSR count). The van der Waals surface area contributed by atoms with Crippen molar-refractivity contribution in [1.29, 1.82) is 0 Å². The van der Waals surface area contributed by atoms with Crippen molar-refractivity contribution in [3.63, 3.8) is 0 Å². The normalized spacial score (nSPS) is 14.5. The molecule has 0 radical (unpaired) electrons. The molecule has 1 heterocycles. The van der Waals surface area contributed by atoms with Crippen molar-refractivity contribution < 1.29 is 18.3 Å². The van der Waals surface area contributed by atoms with Crippen molar-refractivity contribution in [2.45, 2.75) is 19.6 Å². The van der Waals surface area contributed by atoms with Crippen LogP contribution in [-0.4, -0.2) is 32.8 Å². The summed E-state index contributed by atoms with van der Waals surface area (Å²) in [7, 11) is 1.47. The number of nitrogens with zero attached hydrogens (tertiary/aromatic N) is 1. The SMILES string of the molecule is COc1ccc(CNC2=NCCCN2)c(OC(F)F)c1. The van der Waals surface area contributed by atoms with Crippen LogP contribution >= 0.6 is 0 Å². The maximum atomic E-state index is 12.4. The summed E-state index contributed by atoms with van der Waals surface area (Å²) in [5.41, 5.74) is 0.612. The zero-order valence-electron chi connectivity index (χ0n) is 11.2. The maximum absolute atomic E-state index is 12.4. The third kappa shape index (κ3) is 3.97. The summed E-state index contributed by atoms with van der Waals surface area (Å²) in [5.74, 6) is 1.25. The van der Waals surface area contributed by atoms with Crippen molar-refractivity contribution in [1.82, 2.24) is 10.6 Å². The standard InChI is InChI=1S/C13H17F2N3O2/c1-19-10-4-3-9(11(7-10)20-12(14)15)8-18-13-16-5-2-6-17-13/h3-4,7,12H,2,5-6,8H2,1H3,(H2,16,17,18). The molecule has 0 bridgehead atoms. The highest BCUT2D eigenvalue weighted by Gasteiger charge is 2.12. The fourth-order valence-electron chi connectivity index (χ4n) is 1.84. The number of rotatable bonds is 5. The van der Waals surface area contributed by atoms with Gasteiger partial charge in [0.2, 0.25) is 0 Å². The van der Waals surface area contributed by atoms with Crippen LogP contribution in [-0.2, 0) is 6.54 Å². The molecule has 0 aromatic heterocycles. The molecule has 0 saturated carbocycles. The van der Waals surface area contributed by atoms with E-state index in [0.29, 0.717) is 23.8 Å². The first-order chi connectivity index (χ1) is 9.69. The molecule has 1 aliphatic rings. The van der Waals surface area contributed by atoms with E-state index in [-0.39, 0.29) is 5.75 Å². The fraction of sp³-hybridized carbons (Fsp3) is 0.462. The zero-order valence-corrected chi connectivity index (χ0v) is 11.2. The molecule has 0 amide bonds. The number of nitrogens with one attached hydrogen (secondary N) is 2. The minimum atomic E-state index is -2.87. The Morgan fingerprint density at radius 2 is 2.30 bits per heavy atom. The van der Waals surface area contributed by atoms with E-state index in [1.165, 1.54) is 13.2 Å². The van der Waals surface area contributed by atoms with Crippen molar-refractivity contribution in [3.8, 4) is 11.5 Å². The van der Waals surface area contributed by atoms with E-state index in [9.17, 15) is 8.78 Å². The zero-order chi connectivity index (χ0) is 14.4. The van der Waals surface area contributed by atoms with Crippen molar-refractivity contribution in [3.05, 3.63) is 23.8 Å². The molecular formula is C13H17F2N3O2. The summed E-state index contributed by atoms with van der Waals surface area (Å²) in [6.07, 6.45) is 0.994. The average Bonchev–Trinajstić information content (AvgIpc) is 2.46. The Labute approximate surface area is 116 Å². The van der Waals surface area contributed by atoms with Crippen LogP contribution in [0.5, 0.6) is 11.5 Å². The number of methoxy groups -OCH3 is 1. The predicted octanol–water partition coefficient (Wildman–Crippen LogP) is 1.74. The molecule has 0 atom stereocenters. The summed E-state index contributed by atoms with van der Waals surface area (Å²) < 4.78 is 34.3. The number of halogens is 2. The summed E-state index contributed by atoms with van der Waals surface area (Å²) in [6, 6.07) is 4.83. The molecule has 1 aromatic rings. The summed E-state index contributed by atoms with van der Waals surface area (Å²) >= 11 is 0. The second-order valence-electron chi connectivity index (χ2n) is 4.22. The van der Waals surface area contributed by atoms with Gasteiger partial charge in [0.1, 0.15) is 11.5 Å². The number of benzene rings is 1. The number of hydrogen-bond donors (Lipinski definition) is 2. The van der Waals surface area contributed by atoms with Crippen LogP contribution in [0, 0.1) is 0 Å². The lowest BCUT2D eigenvalue weighted by atomic mass is 10.2. The second-order valence-corrected chi connectivity index (χ2v) is 4.22. The third-order valence-corrected chi connectivity index (χ3v) is 2.83. The Morgan fingerprint density at radius 3 is 2.95 bits per heavy atom. The van der Waals surface area contributed by atoms with Crippen LogP contribution in [0.1, 0.15) is 12.0 Å². The Morgan fingerprint density at radius 1 is 1.45 bits per heavy atom. The van der Waals surface area contributed by atoms with E-state index < -0.39 is 6.61 Å². The highest BCUT2D eigenvalue weighted by atomic mass is 19.3. The molecule has 5 nitrogen and oxygen atoms in total. The van der Waals surface area contributed by atoms with Gasteiger partial charge in [-0.1, -0.05) is 0 Å². The van der Waals surface area contributed by atoms with Crippen LogP contribution in [0.15, 0.2) is 23.2 Å². The van der Waals surface area contributed by atoms with Crippen LogP contribution in [0.3, 0.4) is 0 Å². The van der Waals surface area contributed by atoms with Crippen molar-refractivity contribution in [2.75, 3.05) is 20.2 Å². The average molecular weight is 285 g/mol. The number of hydrogen-bond acceptors (Lipinski definition) is 5. The van der Waals surface area contributed by atoms with E-state index in [1.807, 2.05) is 0 Å². The Balaban J connectivity index is 2.06. The van der Waals surface area contributed by atoms with Gasteiger partial charge in [-0.25, -0.2) is 0 Å². The van der Waals surface area contributed by atoms with Gasteiger partial charge in [-0.2, -0.15) is 8.78 Å². The lowest BCUT2D eigenvalue weighted by molar-refractivity contribution is -0.0505. The molecule has 0 spiro atoms. The molecule has 1 aromatic carbocycles. The van der Waals surface area contributed by atoms with Crippen LogP contribution < -0.4 is 20.1 Å². The molecule has 1 aliphatic heterocycles. The van der Waals surface area contributed by atoms with E-state index in [4.69, 9.17) is 4.74 Å². The fourth-order valence-corrected chi connectivity index (χ4v) is 1.84. The monoisotopic (exact) mass is 285 g/mol. The first-order valence-corrected chi connectivity index (χ1v) is 6.33. The minimum Gasteiger partial charge on any atom is -0.497 e. The molecule has 110 valence electrons. The van der Waals surface area contributed by atoms with Gasteiger partial charge in [-0.15, -0.1) is 0 Å². The number of guanidine groups is 1. The van der Waals surface area contributed by atoms with E-state index in [1.54, 1.807) is 12.1 Å². The van der Waals surface area contributed by atoms with Crippen molar-refractivity contribution in [2.24, 2.45) is 4.99 Å². The Kier molecular flexibility index (Phi) is 4.97. The molecular weight excluding hydrogens is 268 g/mol. The largest absolute Gasteiger partial charge is 0.497 e. The second kappa shape index (κ2) is 6.93. The first kappa shape index (κ1) is 14.4. The van der Waals surface area contributed by atoms with Gasteiger partial charge in [0.05, 0.1) is 7.11 Å². The van der Waals surface area contributed by atoms with Gasteiger partial charge in [0, 0.05) is 31.3 Å². The Bertz CT molecular complexity index is 481. The highest BCUT2D eigenvalue weighted by Crippen LogP contribution is 2.26. The lowest BCUT2D eigenvalue weighted by Crippen LogP contribution is -2.40. The molecule has 20 heavy (non-hydrogen) atoms. The molecule has 7 heteroatoms. The molecule has 0 fully saturated rings. The minimum absolute atomic E-state index is 0.100. The Hall–Kier alpha value is -2.05. The van der Waals surface area contributed by atoms with E-state index in [0.717, 1.165) is 19.5 Å². The topological polar surface area (TPSA) is 54.9 Å². The van der Waals surface area contributed by atoms with Crippen molar-refractivity contribution >= 4 is 5.96 Å². The smallest absolute Gasteiger partial charge is 0.387 e. The number of ether oxygens (including phenoxy) is 2. The van der Waals surface area contributed by atoms with Gasteiger partial charge in [-0.3, -0.25) is 4.99 Å². The number of aliphatic imine (C=N–C) groups is 1. The van der Waals surface area contributed by atoms with Gasteiger partial charge in [-0.05, 0) is 18.6 Å². The van der Waals surface area contributed by atoms with Gasteiger partial charge in [0.15, 0.2) is 5.96 Å². The molecule has 0 saturated heterocycles. The van der Waals surface area contributed by atoms with E-state index >= 15 is 0 Å². The van der Waals surface area contributed by atoms with Gasteiger partial charge in [0.25, 0.3) is 0 Å².